The Kier molecular flexibility index (Phi) is 4.80. The minimum atomic E-state index is -3.19. The minimum Gasteiger partial charge on any atom is -0.352 e. The van der Waals surface area contributed by atoms with Crippen LogP contribution < -0.4 is 9.62 Å². The van der Waals surface area contributed by atoms with Crippen LogP contribution in [0.2, 0.25) is 0 Å². The lowest BCUT2D eigenvalue weighted by Gasteiger charge is -2.17. The smallest absolute Gasteiger partial charge is 0.251 e. The fourth-order valence-electron chi connectivity index (χ4n) is 2.68. The molecule has 1 amide bonds. The Bertz CT molecular complexity index is 805. The zero-order valence-corrected chi connectivity index (χ0v) is 14.0. The van der Waals surface area contributed by atoms with E-state index in [2.05, 4.69) is 10.3 Å². The maximum atomic E-state index is 12.1. The number of hydrogen-bond acceptors (Lipinski definition) is 4. The topological polar surface area (TPSA) is 79.4 Å². The maximum Gasteiger partial charge on any atom is 0.251 e. The molecule has 1 saturated heterocycles. The van der Waals surface area contributed by atoms with E-state index in [9.17, 15) is 13.2 Å². The first-order chi connectivity index (χ1) is 11.6. The van der Waals surface area contributed by atoms with Crippen molar-refractivity contribution >= 4 is 21.6 Å². The van der Waals surface area contributed by atoms with Gasteiger partial charge in [-0.05, 0) is 48.7 Å². The summed E-state index contributed by atoms with van der Waals surface area (Å²) in [6, 6.07) is 10.5. The van der Waals surface area contributed by atoms with Crippen LogP contribution in [0.5, 0.6) is 0 Å². The molecular weight excluding hydrogens is 326 g/mol. The van der Waals surface area contributed by atoms with Crippen molar-refractivity contribution in [3.63, 3.8) is 0 Å². The Morgan fingerprint density at radius 1 is 1.21 bits per heavy atom. The number of nitrogens with one attached hydrogen (secondary N) is 1. The number of sulfonamides is 1. The summed E-state index contributed by atoms with van der Waals surface area (Å²) in [5.41, 5.74) is 2.19. The highest BCUT2D eigenvalue weighted by atomic mass is 32.2. The van der Waals surface area contributed by atoms with E-state index in [4.69, 9.17) is 0 Å². The number of aromatic nitrogens is 1. The first kappa shape index (κ1) is 16.4. The number of anilines is 1. The Morgan fingerprint density at radius 3 is 2.62 bits per heavy atom. The van der Waals surface area contributed by atoms with Crippen LogP contribution in [0, 0.1) is 0 Å². The van der Waals surface area contributed by atoms with Crippen LogP contribution >= 0.6 is 0 Å². The molecule has 1 N–H and O–H groups in total. The van der Waals surface area contributed by atoms with E-state index in [1.165, 1.54) is 4.31 Å². The van der Waals surface area contributed by atoms with E-state index >= 15 is 0 Å². The van der Waals surface area contributed by atoms with Gasteiger partial charge in [0.15, 0.2) is 0 Å². The summed E-state index contributed by atoms with van der Waals surface area (Å²) in [5, 5.41) is 2.85. The second-order valence-corrected chi connectivity index (χ2v) is 7.67. The summed E-state index contributed by atoms with van der Waals surface area (Å²) >= 11 is 0. The van der Waals surface area contributed by atoms with Crippen molar-refractivity contribution in [1.29, 1.82) is 0 Å². The highest BCUT2D eigenvalue weighted by Crippen LogP contribution is 2.24. The second-order valence-electron chi connectivity index (χ2n) is 5.66. The first-order valence-electron chi connectivity index (χ1n) is 7.84. The van der Waals surface area contributed by atoms with Crippen LogP contribution in [-0.4, -0.2) is 38.2 Å². The zero-order chi connectivity index (χ0) is 17.0. The molecule has 7 heteroatoms. The number of carbonyl (C=O) groups excluding carboxylic acids is 1. The molecule has 3 rings (SSSR count). The van der Waals surface area contributed by atoms with Crippen LogP contribution in [0.25, 0.3) is 0 Å². The Labute approximate surface area is 141 Å². The Hall–Kier alpha value is -2.41. The van der Waals surface area contributed by atoms with E-state index in [1.807, 2.05) is 12.1 Å². The first-order valence-corrected chi connectivity index (χ1v) is 9.45. The Balaban J connectivity index is 1.58. The zero-order valence-electron chi connectivity index (χ0n) is 13.2. The molecule has 0 aliphatic carbocycles. The van der Waals surface area contributed by atoms with Gasteiger partial charge in [0.2, 0.25) is 10.0 Å². The summed E-state index contributed by atoms with van der Waals surface area (Å²) in [6.45, 7) is 1.02. The highest BCUT2D eigenvalue weighted by molar-refractivity contribution is 7.93. The van der Waals surface area contributed by atoms with Gasteiger partial charge in [0, 0.05) is 31.0 Å². The molecule has 24 heavy (non-hydrogen) atoms. The van der Waals surface area contributed by atoms with Gasteiger partial charge < -0.3 is 5.32 Å². The van der Waals surface area contributed by atoms with Crippen LogP contribution in [0.15, 0.2) is 48.8 Å². The van der Waals surface area contributed by atoms with E-state index in [-0.39, 0.29) is 11.7 Å². The van der Waals surface area contributed by atoms with Gasteiger partial charge in [-0.25, -0.2) is 8.42 Å². The lowest BCUT2D eigenvalue weighted by Crippen LogP contribution is -2.26. The number of rotatable bonds is 5. The molecule has 1 aromatic heterocycles. The summed E-state index contributed by atoms with van der Waals surface area (Å²) in [6.07, 6.45) is 4.84. The van der Waals surface area contributed by atoms with Gasteiger partial charge in [0.05, 0.1) is 11.4 Å². The quantitative estimate of drug-likeness (QED) is 0.892. The number of carbonyl (C=O) groups is 1. The average Bonchev–Trinajstić information content (AvgIpc) is 2.95. The molecular formula is C17H19N3O3S. The molecule has 0 saturated carbocycles. The van der Waals surface area contributed by atoms with Crippen LogP contribution in [-0.2, 0) is 16.4 Å². The van der Waals surface area contributed by atoms with Gasteiger partial charge in [-0.3, -0.25) is 14.1 Å². The summed E-state index contributed by atoms with van der Waals surface area (Å²) in [4.78, 5) is 16.2. The molecule has 6 nitrogen and oxygen atoms in total. The summed E-state index contributed by atoms with van der Waals surface area (Å²) in [7, 11) is -3.19. The molecule has 1 aromatic carbocycles. The third-order valence-electron chi connectivity index (χ3n) is 3.94. The predicted octanol–water partition coefficient (Wildman–Crippen LogP) is 1.59. The van der Waals surface area contributed by atoms with Crippen LogP contribution in [0.4, 0.5) is 5.69 Å². The lowest BCUT2D eigenvalue weighted by atomic mass is 10.1. The van der Waals surface area contributed by atoms with E-state index in [0.717, 1.165) is 5.56 Å². The lowest BCUT2D eigenvalue weighted by molar-refractivity contribution is 0.0954. The standard InChI is InChI=1S/C17H19N3O3S/c21-17(19-10-8-14-3-1-9-18-13-14)15-4-6-16(7-5-15)20-11-2-12-24(20,22)23/h1,3-7,9,13H,2,8,10-12H2,(H,19,21). The number of nitrogens with zero attached hydrogens (tertiary/aromatic N) is 2. The van der Waals surface area contributed by atoms with E-state index in [1.54, 1.807) is 36.7 Å². The number of amides is 1. The van der Waals surface area contributed by atoms with Gasteiger partial charge in [-0.2, -0.15) is 0 Å². The highest BCUT2D eigenvalue weighted by Gasteiger charge is 2.28. The molecule has 0 spiro atoms. The molecule has 126 valence electrons. The summed E-state index contributed by atoms with van der Waals surface area (Å²) in [5.74, 6) is 0.0126. The molecule has 1 aliphatic heterocycles. The fraction of sp³-hybridized carbons (Fsp3) is 0.294. The van der Waals surface area contributed by atoms with Gasteiger partial charge in [0.25, 0.3) is 5.91 Å². The number of benzene rings is 1. The normalized spacial score (nSPS) is 16.1. The van der Waals surface area contributed by atoms with Crippen molar-refractivity contribution in [1.82, 2.24) is 10.3 Å². The minimum absolute atomic E-state index is 0.172. The van der Waals surface area contributed by atoms with Crippen molar-refractivity contribution in [2.45, 2.75) is 12.8 Å². The molecule has 2 aromatic rings. The number of hydrogen-bond donors (Lipinski definition) is 1. The maximum absolute atomic E-state index is 12.1. The average molecular weight is 345 g/mol. The van der Waals surface area contributed by atoms with Crippen LogP contribution in [0.3, 0.4) is 0 Å². The third kappa shape index (κ3) is 3.73. The Morgan fingerprint density at radius 2 is 2.00 bits per heavy atom. The third-order valence-corrected chi connectivity index (χ3v) is 5.81. The van der Waals surface area contributed by atoms with Crippen molar-refractivity contribution in [3.8, 4) is 0 Å². The van der Waals surface area contributed by atoms with E-state index < -0.39 is 10.0 Å². The van der Waals surface area contributed by atoms with Crippen molar-refractivity contribution in [2.75, 3.05) is 23.1 Å². The van der Waals surface area contributed by atoms with Crippen LogP contribution in [0.1, 0.15) is 22.3 Å². The largest absolute Gasteiger partial charge is 0.352 e. The summed E-state index contributed by atoms with van der Waals surface area (Å²) < 4.78 is 25.2. The van der Waals surface area contributed by atoms with Crippen molar-refractivity contribution in [3.05, 3.63) is 59.9 Å². The van der Waals surface area contributed by atoms with Gasteiger partial charge in [-0.1, -0.05) is 6.07 Å². The van der Waals surface area contributed by atoms with Crippen molar-refractivity contribution in [2.24, 2.45) is 0 Å². The predicted molar refractivity (Wildman–Crippen MR) is 92.5 cm³/mol. The van der Waals surface area contributed by atoms with E-state index in [0.29, 0.717) is 37.2 Å². The second kappa shape index (κ2) is 7.00. The molecule has 0 atom stereocenters. The number of pyridine rings is 1. The molecule has 0 unspecified atom stereocenters. The monoisotopic (exact) mass is 345 g/mol. The molecule has 0 radical (unpaired) electrons. The fourth-order valence-corrected chi connectivity index (χ4v) is 4.24. The van der Waals surface area contributed by atoms with Gasteiger partial charge >= 0.3 is 0 Å². The van der Waals surface area contributed by atoms with Gasteiger partial charge in [0.1, 0.15) is 0 Å². The molecule has 1 fully saturated rings. The van der Waals surface area contributed by atoms with Gasteiger partial charge in [-0.15, -0.1) is 0 Å². The molecule has 2 heterocycles. The molecule has 0 bridgehead atoms. The van der Waals surface area contributed by atoms with Crippen molar-refractivity contribution < 1.29 is 13.2 Å². The molecule has 1 aliphatic rings. The SMILES string of the molecule is O=C(NCCc1cccnc1)c1ccc(N2CCCS2(=O)=O)cc1.